The maximum atomic E-state index is 12.3. The molecule has 2 N–H and O–H groups in total. The van der Waals surface area contributed by atoms with Crippen LogP contribution < -0.4 is 5.73 Å². The number of benzene rings is 1. The zero-order valence-electron chi connectivity index (χ0n) is 9.08. The van der Waals surface area contributed by atoms with E-state index in [1.807, 2.05) is 44.2 Å². The molecule has 0 aromatic heterocycles. The average Bonchev–Trinajstić information content (AvgIpc) is 2.18. The van der Waals surface area contributed by atoms with Gasteiger partial charge in [-0.15, -0.1) is 0 Å². The molecule has 1 aromatic rings. The van der Waals surface area contributed by atoms with Gasteiger partial charge in [-0.05, 0) is 17.4 Å². The van der Waals surface area contributed by atoms with E-state index in [4.69, 9.17) is 5.73 Å². The van der Waals surface area contributed by atoms with E-state index in [0.717, 1.165) is 5.56 Å². The molecule has 1 nitrogen and oxygen atoms in total. The fraction of sp³-hybridized carbons (Fsp3) is 0.500. The highest BCUT2D eigenvalue weighted by Crippen LogP contribution is 2.28. The van der Waals surface area contributed by atoms with Gasteiger partial charge in [-0.2, -0.15) is 0 Å². The molecule has 0 fully saturated rings. The molecule has 0 saturated carbocycles. The maximum Gasteiger partial charge on any atom is 0.253 e. The van der Waals surface area contributed by atoms with E-state index in [1.165, 1.54) is 0 Å². The number of alkyl halides is 2. The monoisotopic (exact) mass is 213 g/mol. The first-order valence-corrected chi connectivity index (χ1v) is 5.03. The molecule has 1 unspecified atom stereocenters. The summed E-state index contributed by atoms with van der Waals surface area (Å²) in [6.07, 6.45) is -2.16. The fourth-order valence-corrected chi connectivity index (χ4v) is 1.69. The van der Waals surface area contributed by atoms with Crippen LogP contribution in [0.4, 0.5) is 8.78 Å². The molecule has 84 valence electrons. The molecule has 0 heterocycles. The minimum absolute atomic E-state index is 0.286. The number of hydrogen-bond acceptors (Lipinski definition) is 1. The summed E-state index contributed by atoms with van der Waals surface area (Å²) < 4.78 is 24.7. The summed E-state index contributed by atoms with van der Waals surface area (Å²) >= 11 is 0. The van der Waals surface area contributed by atoms with Crippen molar-refractivity contribution in [3.05, 3.63) is 35.9 Å². The lowest BCUT2D eigenvalue weighted by Gasteiger charge is -2.28. The van der Waals surface area contributed by atoms with Gasteiger partial charge in [0.25, 0.3) is 6.43 Å². The van der Waals surface area contributed by atoms with Gasteiger partial charge in [0, 0.05) is 0 Å². The molecular formula is C12H17F2N. The van der Waals surface area contributed by atoms with Crippen LogP contribution in [0.15, 0.2) is 30.3 Å². The molecule has 15 heavy (non-hydrogen) atoms. The van der Waals surface area contributed by atoms with E-state index in [0.29, 0.717) is 0 Å². The molecule has 0 saturated heterocycles. The maximum absolute atomic E-state index is 12.3. The molecule has 3 heteroatoms. The van der Waals surface area contributed by atoms with Crippen molar-refractivity contribution in [1.82, 2.24) is 0 Å². The first kappa shape index (κ1) is 12.1. The van der Waals surface area contributed by atoms with E-state index in [-0.39, 0.29) is 11.8 Å². The third-order valence-corrected chi connectivity index (χ3v) is 2.62. The van der Waals surface area contributed by atoms with Gasteiger partial charge in [-0.1, -0.05) is 44.2 Å². The second-order valence-corrected chi connectivity index (χ2v) is 4.45. The number of halogens is 2. The molecule has 0 bridgehead atoms. The SMILES string of the molecule is CC(C)(CC(N)C(F)F)c1ccccc1. The van der Waals surface area contributed by atoms with Gasteiger partial charge in [0.1, 0.15) is 0 Å². The molecule has 1 aromatic carbocycles. The largest absolute Gasteiger partial charge is 0.323 e. The Balaban J connectivity index is 2.75. The highest BCUT2D eigenvalue weighted by Gasteiger charge is 2.27. The van der Waals surface area contributed by atoms with E-state index < -0.39 is 12.5 Å². The van der Waals surface area contributed by atoms with Crippen molar-refractivity contribution in [2.45, 2.75) is 38.2 Å². The Kier molecular flexibility index (Phi) is 3.80. The summed E-state index contributed by atoms with van der Waals surface area (Å²) in [7, 11) is 0. The van der Waals surface area contributed by atoms with Crippen molar-refractivity contribution in [3.8, 4) is 0 Å². The number of nitrogens with two attached hydrogens (primary N) is 1. The van der Waals surface area contributed by atoms with Crippen LogP contribution in [-0.4, -0.2) is 12.5 Å². The average molecular weight is 213 g/mol. The predicted octanol–water partition coefficient (Wildman–Crippen LogP) is 2.95. The van der Waals surface area contributed by atoms with E-state index in [2.05, 4.69) is 0 Å². The Hall–Kier alpha value is -0.960. The Morgan fingerprint density at radius 2 is 1.73 bits per heavy atom. The van der Waals surface area contributed by atoms with Crippen molar-refractivity contribution < 1.29 is 8.78 Å². The second-order valence-electron chi connectivity index (χ2n) is 4.45. The van der Waals surface area contributed by atoms with Gasteiger partial charge in [0.2, 0.25) is 0 Å². The van der Waals surface area contributed by atoms with Crippen molar-refractivity contribution in [2.75, 3.05) is 0 Å². The van der Waals surface area contributed by atoms with Crippen LogP contribution in [0.5, 0.6) is 0 Å². The summed E-state index contributed by atoms with van der Waals surface area (Å²) in [5.74, 6) is 0. The Morgan fingerprint density at radius 3 is 2.20 bits per heavy atom. The lowest BCUT2D eigenvalue weighted by molar-refractivity contribution is 0.102. The Bertz CT molecular complexity index is 296. The quantitative estimate of drug-likeness (QED) is 0.817. The van der Waals surface area contributed by atoms with Crippen molar-refractivity contribution in [2.24, 2.45) is 5.73 Å². The molecule has 0 aliphatic heterocycles. The third-order valence-electron chi connectivity index (χ3n) is 2.62. The first-order valence-electron chi connectivity index (χ1n) is 5.03. The zero-order chi connectivity index (χ0) is 11.5. The van der Waals surface area contributed by atoms with Crippen LogP contribution in [0.2, 0.25) is 0 Å². The summed E-state index contributed by atoms with van der Waals surface area (Å²) in [5, 5.41) is 0. The van der Waals surface area contributed by atoms with Crippen molar-refractivity contribution in [3.63, 3.8) is 0 Å². The molecule has 0 aliphatic carbocycles. The molecule has 0 aliphatic rings. The van der Waals surface area contributed by atoms with Gasteiger partial charge < -0.3 is 5.73 Å². The smallest absolute Gasteiger partial charge is 0.253 e. The van der Waals surface area contributed by atoms with Gasteiger partial charge in [0.15, 0.2) is 0 Å². The lowest BCUT2D eigenvalue weighted by atomic mass is 9.79. The lowest BCUT2D eigenvalue weighted by Crippen LogP contribution is -2.35. The van der Waals surface area contributed by atoms with Gasteiger partial charge in [-0.3, -0.25) is 0 Å². The zero-order valence-corrected chi connectivity index (χ0v) is 9.08. The molecular weight excluding hydrogens is 196 g/mol. The molecule has 0 amide bonds. The van der Waals surface area contributed by atoms with Crippen LogP contribution in [0.25, 0.3) is 0 Å². The normalized spacial score (nSPS) is 14.3. The first-order chi connectivity index (χ1) is 6.93. The highest BCUT2D eigenvalue weighted by molar-refractivity contribution is 5.23. The molecule has 1 rings (SSSR count). The third kappa shape index (κ3) is 3.27. The number of rotatable bonds is 4. The van der Waals surface area contributed by atoms with Gasteiger partial charge in [0.05, 0.1) is 6.04 Å². The van der Waals surface area contributed by atoms with Crippen LogP contribution in [0, 0.1) is 0 Å². The predicted molar refractivity (Wildman–Crippen MR) is 58.1 cm³/mol. The van der Waals surface area contributed by atoms with E-state index in [9.17, 15) is 8.78 Å². The topological polar surface area (TPSA) is 26.0 Å². The summed E-state index contributed by atoms with van der Waals surface area (Å²) in [6, 6.07) is 8.55. The minimum Gasteiger partial charge on any atom is -0.323 e. The van der Waals surface area contributed by atoms with E-state index in [1.54, 1.807) is 0 Å². The minimum atomic E-state index is -2.45. The molecule has 0 spiro atoms. The second kappa shape index (κ2) is 4.71. The summed E-state index contributed by atoms with van der Waals surface area (Å²) in [4.78, 5) is 0. The van der Waals surface area contributed by atoms with Gasteiger partial charge >= 0.3 is 0 Å². The fourth-order valence-electron chi connectivity index (χ4n) is 1.69. The summed E-state index contributed by atoms with van der Waals surface area (Å²) in [5.41, 5.74) is 6.12. The highest BCUT2D eigenvalue weighted by atomic mass is 19.3. The van der Waals surface area contributed by atoms with Crippen LogP contribution in [0.3, 0.4) is 0 Å². The van der Waals surface area contributed by atoms with Crippen molar-refractivity contribution >= 4 is 0 Å². The van der Waals surface area contributed by atoms with Crippen LogP contribution in [0.1, 0.15) is 25.8 Å². The Labute approximate surface area is 89.3 Å². The molecule has 0 radical (unpaired) electrons. The number of hydrogen-bond donors (Lipinski definition) is 1. The van der Waals surface area contributed by atoms with Crippen molar-refractivity contribution in [1.29, 1.82) is 0 Å². The van der Waals surface area contributed by atoms with Gasteiger partial charge in [-0.25, -0.2) is 8.78 Å². The molecule has 1 atom stereocenters. The van der Waals surface area contributed by atoms with E-state index >= 15 is 0 Å². The standard InChI is InChI=1S/C12H17F2N/c1-12(2,8-10(15)11(13)14)9-6-4-3-5-7-9/h3-7,10-11H,8,15H2,1-2H3. The Morgan fingerprint density at radius 1 is 1.20 bits per heavy atom. The van der Waals surface area contributed by atoms with Crippen LogP contribution >= 0.6 is 0 Å². The van der Waals surface area contributed by atoms with Crippen LogP contribution in [-0.2, 0) is 5.41 Å². The summed E-state index contributed by atoms with van der Waals surface area (Å²) in [6.45, 7) is 3.87.